The Morgan fingerprint density at radius 1 is 1.50 bits per heavy atom. The van der Waals surface area contributed by atoms with Crippen LogP contribution in [0, 0.1) is 0 Å². The van der Waals surface area contributed by atoms with E-state index in [0.717, 1.165) is 0 Å². The fourth-order valence-corrected chi connectivity index (χ4v) is 1.14. The number of carboxylic acids is 1. The first-order chi connectivity index (χ1) is 6.69. The SMILES string of the molecule is CCOc1nnc(CC(=O)O)n1CC. The molecule has 1 aromatic rings. The number of nitrogens with zero attached hydrogens (tertiary/aromatic N) is 3. The van der Waals surface area contributed by atoms with Crippen LogP contribution in [0.2, 0.25) is 0 Å². The van der Waals surface area contributed by atoms with E-state index < -0.39 is 5.97 Å². The summed E-state index contributed by atoms with van der Waals surface area (Å²) in [6.07, 6.45) is -0.131. The van der Waals surface area contributed by atoms with Crippen LogP contribution in [0.4, 0.5) is 0 Å². The van der Waals surface area contributed by atoms with Gasteiger partial charge in [0.05, 0.1) is 6.61 Å². The van der Waals surface area contributed by atoms with Gasteiger partial charge >= 0.3 is 12.0 Å². The molecule has 14 heavy (non-hydrogen) atoms. The minimum atomic E-state index is -0.921. The molecule has 1 heterocycles. The van der Waals surface area contributed by atoms with Gasteiger partial charge in [-0.3, -0.25) is 9.36 Å². The Balaban J connectivity index is 2.88. The maximum absolute atomic E-state index is 10.5. The third-order valence-electron chi connectivity index (χ3n) is 1.69. The molecule has 1 aromatic heterocycles. The lowest BCUT2D eigenvalue weighted by Gasteiger charge is -2.05. The molecule has 0 fully saturated rings. The summed E-state index contributed by atoms with van der Waals surface area (Å²) in [5.74, 6) is -0.501. The number of ether oxygens (including phenoxy) is 1. The molecular formula is C8H13N3O3. The standard InChI is InChI=1S/C8H13N3O3/c1-3-11-6(5-7(12)13)9-10-8(11)14-4-2/h3-5H2,1-2H3,(H,12,13). The van der Waals surface area contributed by atoms with Crippen LogP contribution in [0.1, 0.15) is 19.7 Å². The molecule has 78 valence electrons. The van der Waals surface area contributed by atoms with Gasteiger partial charge in [0.1, 0.15) is 12.2 Å². The molecule has 6 nitrogen and oxygen atoms in total. The summed E-state index contributed by atoms with van der Waals surface area (Å²) in [4.78, 5) is 10.5. The van der Waals surface area contributed by atoms with Gasteiger partial charge in [0, 0.05) is 6.54 Å². The van der Waals surface area contributed by atoms with Crippen LogP contribution in [0.5, 0.6) is 6.01 Å². The van der Waals surface area contributed by atoms with E-state index in [2.05, 4.69) is 10.2 Å². The monoisotopic (exact) mass is 199 g/mol. The Kier molecular flexibility index (Phi) is 3.44. The predicted octanol–water partition coefficient (Wildman–Crippen LogP) is 0.324. The van der Waals surface area contributed by atoms with E-state index in [9.17, 15) is 4.79 Å². The maximum Gasteiger partial charge on any atom is 0.316 e. The third kappa shape index (κ3) is 2.21. The first-order valence-corrected chi connectivity index (χ1v) is 4.45. The van der Waals surface area contributed by atoms with Crippen LogP contribution in [0.15, 0.2) is 0 Å². The first kappa shape index (κ1) is 10.5. The molecule has 1 N–H and O–H groups in total. The fraction of sp³-hybridized carbons (Fsp3) is 0.625. The molecule has 0 unspecified atom stereocenters. The molecule has 6 heteroatoms. The number of rotatable bonds is 5. The molecule has 0 aliphatic carbocycles. The maximum atomic E-state index is 10.5. The van der Waals surface area contributed by atoms with Gasteiger partial charge in [0.25, 0.3) is 0 Å². The summed E-state index contributed by atoms with van der Waals surface area (Å²) < 4.78 is 6.84. The number of carboxylic acid groups (broad SMARTS) is 1. The molecule has 0 radical (unpaired) electrons. The second-order valence-electron chi connectivity index (χ2n) is 2.65. The Labute approximate surface area is 81.5 Å². The van der Waals surface area contributed by atoms with E-state index >= 15 is 0 Å². The minimum Gasteiger partial charge on any atom is -0.481 e. The second kappa shape index (κ2) is 4.59. The van der Waals surface area contributed by atoms with Gasteiger partial charge < -0.3 is 9.84 Å². The number of aliphatic carboxylic acids is 1. The Morgan fingerprint density at radius 3 is 2.71 bits per heavy atom. The zero-order valence-corrected chi connectivity index (χ0v) is 8.23. The van der Waals surface area contributed by atoms with Crippen molar-refractivity contribution in [3.05, 3.63) is 5.82 Å². The largest absolute Gasteiger partial charge is 0.481 e. The minimum absolute atomic E-state index is 0.131. The topological polar surface area (TPSA) is 77.2 Å². The molecule has 0 aliphatic rings. The molecule has 1 rings (SSSR count). The number of aromatic nitrogens is 3. The van der Waals surface area contributed by atoms with Crippen molar-refractivity contribution in [2.45, 2.75) is 26.8 Å². The van der Waals surface area contributed by atoms with Crippen LogP contribution < -0.4 is 4.74 Å². The highest BCUT2D eigenvalue weighted by Gasteiger charge is 2.13. The molecule has 0 amide bonds. The van der Waals surface area contributed by atoms with Crippen molar-refractivity contribution in [3.63, 3.8) is 0 Å². The number of carbonyl (C=O) groups is 1. The van der Waals surface area contributed by atoms with E-state index in [4.69, 9.17) is 9.84 Å². The van der Waals surface area contributed by atoms with E-state index in [-0.39, 0.29) is 6.42 Å². The van der Waals surface area contributed by atoms with Crippen molar-refractivity contribution in [1.29, 1.82) is 0 Å². The molecule has 0 aliphatic heterocycles. The average molecular weight is 199 g/mol. The zero-order chi connectivity index (χ0) is 10.6. The Bertz CT molecular complexity index is 322. The van der Waals surface area contributed by atoms with Gasteiger partial charge in [-0.05, 0) is 13.8 Å². The lowest BCUT2D eigenvalue weighted by atomic mass is 10.4. The highest BCUT2D eigenvalue weighted by atomic mass is 16.5. The summed E-state index contributed by atoms with van der Waals surface area (Å²) in [6, 6.07) is 0.381. The Hall–Kier alpha value is -1.59. The molecule has 0 atom stereocenters. The van der Waals surface area contributed by atoms with Gasteiger partial charge in [-0.2, -0.15) is 0 Å². The highest BCUT2D eigenvalue weighted by Crippen LogP contribution is 2.10. The highest BCUT2D eigenvalue weighted by molar-refractivity contribution is 5.69. The van der Waals surface area contributed by atoms with Gasteiger partial charge in [0.2, 0.25) is 0 Å². The van der Waals surface area contributed by atoms with Crippen LogP contribution in [-0.4, -0.2) is 32.4 Å². The normalized spacial score (nSPS) is 10.1. The van der Waals surface area contributed by atoms with E-state index in [1.807, 2.05) is 13.8 Å². The smallest absolute Gasteiger partial charge is 0.316 e. The molecular weight excluding hydrogens is 186 g/mol. The molecule has 0 saturated heterocycles. The first-order valence-electron chi connectivity index (χ1n) is 4.45. The van der Waals surface area contributed by atoms with Crippen molar-refractivity contribution in [1.82, 2.24) is 14.8 Å². The van der Waals surface area contributed by atoms with Crippen LogP contribution in [0.25, 0.3) is 0 Å². The summed E-state index contributed by atoms with van der Waals surface area (Å²) >= 11 is 0. The van der Waals surface area contributed by atoms with Crippen LogP contribution in [-0.2, 0) is 17.8 Å². The van der Waals surface area contributed by atoms with Crippen LogP contribution >= 0.6 is 0 Å². The zero-order valence-electron chi connectivity index (χ0n) is 8.23. The lowest BCUT2D eigenvalue weighted by Crippen LogP contribution is -2.10. The van der Waals surface area contributed by atoms with E-state index in [0.29, 0.717) is 25.0 Å². The lowest BCUT2D eigenvalue weighted by molar-refractivity contribution is -0.136. The average Bonchev–Trinajstić information content (AvgIpc) is 2.47. The quantitative estimate of drug-likeness (QED) is 0.739. The van der Waals surface area contributed by atoms with Gasteiger partial charge in [-0.25, -0.2) is 0 Å². The summed E-state index contributed by atoms with van der Waals surface area (Å²) in [5.41, 5.74) is 0. The van der Waals surface area contributed by atoms with Crippen molar-refractivity contribution in [2.24, 2.45) is 0 Å². The Morgan fingerprint density at radius 2 is 2.21 bits per heavy atom. The van der Waals surface area contributed by atoms with Crippen molar-refractivity contribution in [3.8, 4) is 6.01 Å². The third-order valence-corrected chi connectivity index (χ3v) is 1.69. The van der Waals surface area contributed by atoms with Gasteiger partial charge in [-0.15, -0.1) is 5.10 Å². The molecule has 0 spiro atoms. The van der Waals surface area contributed by atoms with Crippen molar-refractivity contribution >= 4 is 5.97 Å². The number of hydrogen-bond donors (Lipinski definition) is 1. The summed E-state index contributed by atoms with van der Waals surface area (Å²) in [5, 5.41) is 16.1. The van der Waals surface area contributed by atoms with Crippen molar-refractivity contribution in [2.75, 3.05) is 6.61 Å². The second-order valence-corrected chi connectivity index (χ2v) is 2.65. The van der Waals surface area contributed by atoms with Gasteiger partial charge in [-0.1, -0.05) is 5.10 Å². The van der Waals surface area contributed by atoms with E-state index in [1.165, 1.54) is 0 Å². The predicted molar refractivity (Wildman–Crippen MR) is 48.2 cm³/mol. The molecule has 0 saturated carbocycles. The fourth-order valence-electron chi connectivity index (χ4n) is 1.14. The van der Waals surface area contributed by atoms with Crippen molar-refractivity contribution < 1.29 is 14.6 Å². The summed E-state index contributed by atoms with van der Waals surface area (Å²) in [6.45, 7) is 4.82. The number of hydrogen-bond acceptors (Lipinski definition) is 4. The molecule has 0 bridgehead atoms. The molecule has 0 aromatic carbocycles. The van der Waals surface area contributed by atoms with Gasteiger partial charge in [0.15, 0.2) is 0 Å². The summed E-state index contributed by atoms with van der Waals surface area (Å²) in [7, 11) is 0. The van der Waals surface area contributed by atoms with E-state index in [1.54, 1.807) is 4.57 Å². The van der Waals surface area contributed by atoms with Crippen LogP contribution in [0.3, 0.4) is 0 Å².